The van der Waals surface area contributed by atoms with Crippen molar-refractivity contribution >= 4 is 23.6 Å². The number of nitro benzene ring substituents is 1. The molecule has 5 atom stereocenters. The van der Waals surface area contributed by atoms with E-state index in [0.29, 0.717) is 0 Å². The van der Waals surface area contributed by atoms with Crippen LogP contribution in [0.3, 0.4) is 0 Å². The largest absolute Gasteiger partial charge is 0.412 e. The van der Waals surface area contributed by atoms with Crippen LogP contribution in [0.15, 0.2) is 36.4 Å². The number of imide groups is 1. The molecule has 2 fully saturated rings. The van der Waals surface area contributed by atoms with E-state index in [9.17, 15) is 24.5 Å². The molecule has 10 nitrogen and oxygen atoms in total. The topological polar surface area (TPSA) is 128 Å². The fourth-order valence-corrected chi connectivity index (χ4v) is 3.84. The van der Waals surface area contributed by atoms with E-state index in [2.05, 4.69) is 5.32 Å². The first kappa shape index (κ1) is 18.1. The van der Waals surface area contributed by atoms with E-state index in [4.69, 9.17) is 9.47 Å². The van der Waals surface area contributed by atoms with Crippen molar-refractivity contribution in [1.29, 1.82) is 0 Å². The van der Waals surface area contributed by atoms with Crippen LogP contribution in [0, 0.1) is 22.0 Å². The number of likely N-dealkylation sites (tertiary alicyclic amines) is 1. The van der Waals surface area contributed by atoms with E-state index in [-0.39, 0.29) is 42.0 Å². The zero-order chi connectivity index (χ0) is 20.0. The molecule has 2 saturated heterocycles. The average molecular weight is 387 g/mol. The van der Waals surface area contributed by atoms with Gasteiger partial charge in [-0.1, -0.05) is 12.2 Å². The Morgan fingerprint density at radius 1 is 1.21 bits per heavy atom. The Balaban J connectivity index is 1.32. The molecule has 4 rings (SSSR count). The van der Waals surface area contributed by atoms with E-state index in [1.165, 1.54) is 29.2 Å². The number of carbonyl (C=O) groups excluding carboxylic acids is 3. The van der Waals surface area contributed by atoms with Crippen molar-refractivity contribution in [2.24, 2.45) is 11.8 Å². The molecule has 4 unspecified atom stereocenters. The fourth-order valence-electron chi connectivity index (χ4n) is 3.84. The molecular weight excluding hydrogens is 370 g/mol. The van der Waals surface area contributed by atoms with Gasteiger partial charge in [-0.15, -0.1) is 0 Å². The summed E-state index contributed by atoms with van der Waals surface area (Å²) in [5.74, 6) is -1.41. The van der Waals surface area contributed by atoms with Crippen molar-refractivity contribution in [2.45, 2.75) is 25.2 Å². The summed E-state index contributed by atoms with van der Waals surface area (Å²) in [6, 6.07) is 4.51. The summed E-state index contributed by atoms with van der Waals surface area (Å²) in [5.41, 5.74) is -0.120. The van der Waals surface area contributed by atoms with Crippen molar-refractivity contribution in [1.82, 2.24) is 10.2 Å². The molecular formula is C18H17N3O7. The number of benzene rings is 1. The molecule has 3 heterocycles. The summed E-state index contributed by atoms with van der Waals surface area (Å²) in [6.45, 7) is 1.68. The number of nitro groups is 1. The Hall–Kier alpha value is -3.27. The predicted octanol–water partition coefficient (Wildman–Crippen LogP) is 1.01. The Morgan fingerprint density at radius 2 is 1.79 bits per heavy atom. The summed E-state index contributed by atoms with van der Waals surface area (Å²) in [6.07, 6.45) is 2.12. The summed E-state index contributed by atoms with van der Waals surface area (Å²) in [4.78, 5) is 48.4. The number of fused-ring (bicyclic) bond motifs is 5. The molecule has 146 valence electrons. The van der Waals surface area contributed by atoms with Crippen LogP contribution in [-0.4, -0.2) is 52.5 Å². The van der Waals surface area contributed by atoms with Crippen LogP contribution < -0.4 is 10.1 Å². The van der Waals surface area contributed by atoms with Gasteiger partial charge in [-0.25, -0.2) is 4.79 Å². The highest BCUT2D eigenvalue weighted by atomic mass is 16.6. The smallest absolute Gasteiger partial charge is 0.410 e. The highest BCUT2D eigenvalue weighted by molar-refractivity contribution is 6.06. The summed E-state index contributed by atoms with van der Waals surface area (Å²) >= 11 is 0. The summed E-state index contributed by atoms with van der Waals surface area (Å²) in [5, 5.41) is 13.2. The normalized spacial score (nSPS) is 28.4. The highest BCUT2D eigenvalue weighted by Gasteiger charge is 2.60. The minimum atomic E-state index is -0.786. The SMILES string of the molecule is C[C@H](CN1C(=O)C2C3C=CC(O3)C2C1=O)NC(=O)Oc1ccc([N+](=O)[O-])cc1. The van der Waals surface area contributed by atoms with Gasteiger partial charge in [0.1, 0.15) is 5.75 Å². The molecule has 0 aliphatic carbocycles. The molecule has 1 aromatic rings. The molecule has 1 aromatic carbocycles. The van der Waals surface area contributed by atoms with Gasteiger partial charge in [0.15, 0.2) is 0 Å². The van der Waals surface area contributed by atoms with Crippen molar-refractivity contribution in [3.63, 3.8) is 0 Å². The zero-order valence-corrected chi connectivity index (χ0v) is 14.8. The summed E-state index contributed by atoms with van der Waals surface area (Å²) < 4.78 is 10.6. The first-order chi connectivity index (χ1) is 13.3. The molecule has 3 aliphatic rings. The quantitative estimate of drug-likeness (QED) is 0.346. The fraction of sp³-hybridized carbons (Fsp3) is 0.389. The van der Waals surface area contributed by atoms with Gasteiger partial charge < -0.3 is 14.8 Å². The number of non-ortho nitro benzene ring substituents is 1. The van der Waals surface area contributed by atoms with Gasteiger partial charge in [-0.3, -0.25) is 24.6 Å². The third-order valence-electron chi connectivity index (χ3n) is 5.08. The zero-order valence-electron chi connectivity index (χ0n) is 14.8. The van der Waals surface area contributed by atoms with Crippen LogP contribution in [0.1, 0.15) is 6.92 Å². The van der Waals surface area contributed by atoms with Gasteiger partial charge in [0.25, 0.3) is 5.69 Å². The minimum Gasteiger partial charge on any atom is -0.410 e. The second-order valence-electron chi connectivity index (χ2n) is 6.97. The Labute approximate surface area is 159 Å². The third kappa shape index (κ3) is 3.01. The van der Waals surface area contributed by atoms with Crippen LogP contribution in [0.5, 0.6) is 5.75 Å². The monoisotopic (exact) mass is 387 g/mol. The van der Waals surface area contributed by atoms with Gasteiger partial charge in [0.05, 0.1) is 29.0 Å². The van der Waals surface area contributed by atoms with E-state index in [0.717, 1.165) is 0 Å². The second kappa shape index (κ2) is 6.71. The Kier molecular flexibility index (Phi) is 4.34. The summed E-state index contributed by atoms with van der Waals surface area (Å²) in [7, 11) is 0. The molecule has 28 heavy (non-hydrogen) atoms. The van der Waals surface area contributed by atoms with Crippen molar-refractivity contribution in [3.05, 3.63) is 46.5 Å². The molecule has 0 radical (unpaired) electrons. The van der Waals surface area contributed by atoms with Gasteiger partial charge in [0.2, 0.25) is 11.8 Å². The number of hydrogen-bond acceptors (Lipinski definition) is 7. The lowest BCUT2D eigenvalue weighted by molar-refractivity contribution is -0.384. The number of hydrogen-bond donors (Lipinski definition) is 1. The van der Waals surface area contributed by atoms with E-state index < -0.39 is 28.9 Å². The molecule has 1 N–H and O–H groups in total. The Morgan fingerprint density at radius 3 is 2.32 bits per heavy atom. The van der Waals surface area contributed by atoms with E-state index in [1.807, 2.05) is 12.2 Å². The molecule has 0 spiro atoms. The van der Waals surface area contributed by atoms with Crippen LogP contribution in [0.4, 0.5) is 10.5 Å². The van der Waals surface area contributed by atoms with Crippen molar-refractivity contribution in [3.8, 4) is 5.75 Å². The maximum atomic E-state index is 12.6. The first-order valence-corrected chi connectivity index (χ1v) is 8.77. The standard InChI is InChI=1S/C18H17N3O7/c1-9(19-18(24)27-11-4-2-10(3-5-11)21(25)26)8-20-16(22)14-12-6-7-13(28-12)15(14)17(20)23/h2-7,9,12-15H,8H2,1H3,(H,19,24)/t9-,12?,13?,14?,15?/m1/s1. The average Bonchev–Trinajstić information content (AvgIpc) is 3.32. The highest BCUT2D eigenvalue weighted by Crippen LogP contribution is 2.45. The molecule has 3 aliphatic heterocycles. The van der Waals surface area contributed by atoms with Crippen LogP contribution >= 0.6 is 0 Å². The molecule has 10 heteroatoms. The lowest BCUT2D eigenvalue weighted by Crippen LogP contribution is -2.46. The molecule has 3 amide bonds. The number of amides is 3. The van der Waals surface area contributed by atoms with E-state index >= 15 is 0 Å². The number of nitrogens with one attached hydrogen (secondary N) is 1. The molecule has 0 aromatic heterocycles. The number of ether oxygens (including phenoxy) is 2. The van der Waals surface area contributed by atoms with Crippen LogP contribution in [0.2, 0.25) is 0 Å². The van der Waals surface area contributed by atoms with Gasteiger partial charge >= 0.3 is 6.09 Å². The van der Waals surface area contributed by atoms with Gasteiger partial charge in [-0.2, -0.15) is 0 Å². The first-order valence-electron chi connectivity index (χ1n) is 8.77. The number of carbonyl (C=O) groups is 3. The molecule has 2 bridgehead atoms. The maximum absolute atomic E-state index is 12.6. The van der Waals surface area contributed by atoms with Crippen molar-refractivity contribution in [2.75, 3.05) is 6.54 Å². The van der Waals surface area contributed by atoms with Gasteiger partial charge in [0, 0.05) is 24.7 Å². The lowest BCUT2D eigenvalue weighted by atomic mass is 9.85. The lowest BCUT2D eigenvalue weighted by Gasteiger charge is -2.22. The number of nitrogens with zero attached hydrogens (tertiary/aromatic N) is 2. The van der Waals surface area contributed by atoms with Crippen molar-refractivity contribution < 1.29 is 28.8 Å². The predicted molar refractivity (Wildman–Crippen MR) is 93.2 cm³/mol. The third-order valence-corrected chi connectivity index (χ3v) is 5.08. The second-order valence-corrected chi connectivity index (χ2v) is 6.97. The van der Waals surface area contributed by atoms with Gasteiger partial charge in [-0.05, 0) is 19.1 Å². The maximum Gasteiger partial charge on any atom is 0.412 e. The molecule has 0 saturated carbocycles. The Bertz CT molecular complexity index is 852. The number of rotatable bonds is 5. The van der Waals surface area contributed by atoms with Crippen LogP contribution in [-0.2, 0) is 14.3 Å². The van der Waals surface area contributed by atoms with Crippen LogP contribution in [0.25, 0.3) is 0 Å². The minimum absolute atomic E-state index is 0.0273. The van der Waals surface area contributed by atoms with E-state index in [1.54, 1.807) is 6.92 Å².